The maximum absolute atomic E-state index is 4.16. The highest BCUT2D eigenvalue weighted by molar-refractivity contribution is 5.10. The Kier molecular flexibility index (Phi) is 3.59. The van der Waals surface area contributed by atoms with Crippen molar-refractivity contribution in [3.63, 3.8) is 0 Å². The van der Waals surface area contributed by atoms with E-state index in [1.54, 1.807) is 6.33 Å². The van der Waals surface area contributed by atoms with E-state index in [0.29, 0.717) is 6.04 Å². The Balaban J connectivity index is 1.67. The molecule has 2 aliphatic carbocycles. The molecule has 2 aliphatic rings. The first-order valence-corrected chi connectivity index (χ1v) is 7.35. The lowest BCUT2D eigenvalue weighted by Gasteiger charge is -2.27. The van der Waals surface area contributed by atoms with Crippen molar-refractivity contribution >= 4 is 0 Å². The molecule has 3 nitrogen and oxygen atoms in total. The van der Waals surface area contributed by atoms with Gasteiger partial charge in [-0.15, -0.1) is 0 Å². The molecule has 1 heterocycles. The summed E-state index contributed by atoms with van der Waals surface area (Å²) in [5, 5.41) is 3.61. The minimum absolute atomic E-state index is 0.445. The van der Waals surface area contributed by atoms with Crippen LogP contribution in [0.4, 0.5) is 0 Å². The molecule has 4 unspecified atom stereocenters. The van der Waals surface area contributed by atoms with Crippen LogP contribution in [0.5, 0.6) is 0 Å². The van der Waals surface area contributed by atoms with E-state index in [-0.39, 0.29) is 0 Å². The second-order valence-corrected chi connectivity index (χ2v) is 5.95. The normalized spacial score (nSPS) is 31.7. The van der Waals surface area contributed by atoms with Crippen LogP contribution in [0.15, 0.2) is 18.7 Å². The van der Waals surface area contributed by atoms with E-state index in [1.165, 1.54) is 37.7 Å². The minimum Gasteiger partial charge on any atom is -0.310 e. The van der Waals surface area contributed by atoms with Gasteiger partial charge in [0.2, 0.25) is 0 Å². The molecule has 0 saturated heterocycles. The van der Waals surface area contributed by atoms with Gasteiger partial charge in [-0.25, -0.2) is 9.97 Å². The van der Waals surface area contributed by atoms with Gasteiger partial charge in [-0.05, 0) is 50.0 Å². The Bertz CT molecular complexity index is 379. The lowest BCUT2D eigenvalue weighted by molar-refractivity contribution is 0.280. The van der Waals surface area contributed by atoms with Gasteiger partial charge in [-0.3, -0.25) is 0 Å². The molecule has 98 valence electrons. The zero-order valence-electron chi connectivity index (χ0n) is 11.2. The molecule has 1 N–H and O–H groups in total. The zero-order valence-corrected chi connectivity index (χ0v) is 11.2. The molecular formula is C15H23N3. The minimum atomic E-state index is 0.445. The Labute approximate surface area is 109 Å². The summed E-state index contributed by atoms with van der Waals surface area (Å²) in [5.74, 6) is 2.96. The fourth-order valence-electron chi connectivity index (χ4n) is 4.04. The van der Waals surface area contributed by atoms with Crippen LogP contribution in [0.3, 0.4) is 0 Å². The molecule has 2 fully saturated rings. The molecule has 3 heteroatoms. The fraction of sp³-hybridized carbons (Fsp3) is 0.733. The van der Waals surface area contributed by atoms with Gasteiger partial charge in [0.1, 0.15) is 6.33 Å². The first-order chi connectivity index (χ1) is 8.86. The van der Waals surface area contributed by atoms with Crippen LogP contribution in [-0.2, 0) is 0 Å². The maximum atomic E-state index is 4.16. The van der Waals surface area contributed by atoms with E-state index < -0.39 is 0 Å². The van der Waals surface area contributed by atoms with Gasteiger partial charge < -0.3 is 5.32 Å². The topological polar surface area (TPSA) is 37.8 Å². The largest absolute Gasteiger partial charge is 0.310 e. The average molecular weight is 245 g/mol. The van der Waals surface area contributed by atoms with Gasteiger partial charge in [-0.2, -0.15) is 0 Å². The van der Waals surface area contributed by atoms with Crippen molar-refractivity contribution in [3.8, 4) is 0 Å². The lowest BCUT2D eigenvalue weighted by Crippen LogP contribution is -2.25. The SMILES string of the molecule is CCNC(CC1CC2CCC1C2)c1cncnc1. The second-order valence-electron chi connectivity index (χ2n) is 5.95. The summed E-state index contributed by atoms with van der Waals surface area (Å²) >= 11 is 0. The molecule has 1 aromatic heterocycles. The van der Waals surface area contributed by atoms with Gasteiger partial charge in [0.25, 0.3) is 0 Å². The standard InChI is InChI=1S/C15H23N3/c1-2-18-15(14-8-16-10-17-9-14)7-13-6-11-3-4-12(13)5-11/h8-13,15,18H,2-7H2,1H3. The Hall–Kier alpha value is -0.960. The number of hydrogen-bond acceptors (Lipinski definition) is 3. The maximum Gasteiger partial charge on any atom is 0.115 e. The lowest BCUT2D eigenvalue weighted by atomic mass is 9.83. The summed E-state index contributed by atoms with van der Waals surface area (Å²) in [5.41, 5.74) is 1.25. The smallest absolute Gasteiger partial charge is 0.115 e. The Morgan fingerprint density at radius 3 is 2.72 bits per heavy atom. The van der Waals surface area contributed by atoms with Crippen molar-refractivity contribution in [1.82, 2.24) is 15.3 Å². The van der Waals surface area contributed by atoms with Gasteiger partial charge >= 0.3 is 0 Å². The molecule has 1 aromatic rings. The van der Waals surface area contributed by atoms with E-state index in [1.807, 2.05) is 12.4 Å². The molecule has 18 heavy (non-hydrogen) atoms. The number of nitrogens with zero attached hydrogens (tertiary/aromatic N) is 2. The summed E-state index contributed by atoms with van der Waals surface area (Å²) in [6.07, 6.45) is 12.7. The van der Waals surface area contributed by atoms with Crippen molar-refractivity contribution in [2.24, 2.45) is 17.8 Å². The van der Waals surface area contributed by atoms with Gasteiger partial charge in [0, 0.05) is 24.0 Å². The van der Waals surface area contributed by atoms with E-state index in [2.05, 4.69) is 22.2 Å². The van der Waals surface area contributed by atoms with E-state index in [9.17, 15) is 0 Å². The fourth-order valence-corrected chi connectivity index (χ4v) is 4.04. The van der Waals surface area contributed by atoms with Crippen LogP contribution >= 0.6 is 0 Å². The predicted molar refractivity (Wildman–Crippen MR) is 72.0 cm³/mol. The van der Waals surface area contributed by atoms with E-state index in [4.69, 9.17) is 0 Å². The zero-order chi connectivity index (χ0) is 12.4. The summed E-state index contributed by atoms with van der Waals surface area (Å²) in [6, 6.07) is 0.445. The molecule has 0 aromatic carbocycles. The van der Waals surface area contributed by atoms with E-state index in [0.717, 1.165) is 24.3 Å². The third-order valence-electron chi connectivity index (χ3n) is 4.86. The number of aromatic nitrogens is 2. The highest BCUT2D eigenvalue weighted by Crippen LogP contribution is 2.50. The van der Waals surface area contributed by atoms with Crippen molar-refractivity contribution < 1.29 is 0 Å². The number of rotatable bonds is 5. The Morgan fingerprint density at radius 2 is 2.11 bits per heavy atom. The number of nitrogens with one attached hydrogen (secondary N) is 1. The van der Waals surface area contributed by atoms with Crippen LogP contribution in [-0.4, -0.2) is 16.5 Å². The summed E-state index contributed by atoms with van der Waals surface area (Å²) in [7, 11) is 0. The summed E-state index contributed by atoms with van der Waals surface area (Å²) in [4.78, 5) is 8.32. The quantitative estimate of drug-likeness (QED) is 0.866. The van der Waals surface area contributed by atoms with Crippen molar-refractivity contribution in [3.05, 3.63) is 24.3 Å². The molecule has 2 saturated carbocycles. The molecule has 0 radical (unpaired) electrons. The van der Waals surface area contributed by atoms with Crippen LogP contribution in [0.2, 0.25) is 0 Å². The molecule has 0 spiro atoms. The molecular weight excluding hydrogens is 222 g/mol. The average Bonchev–Trinajstić information content (AvgIpc) is 3.01. The van der Waals surface area contributed by atoms with Crippen LogP contribution in [0, 0.1) is 17.8 Å². The third kappa shape index (κ3) is 2.41. The predicted octanol–water partition coefficient (Wildman–Crippen LogP) is 2.95. The molecule has 2 bridgehead atoms. The van der Waals surface area contributed by atoms with Crippen molar-refractivity contribution in [2.45, 2.75) is 45.1 Å². The monoisotopic (exact) mass is 245 g/mol. The highest BCUT2D eigenvalue weighted by Gasteiger charge is 2.40. The van der Waals surface area contributed by atoms with Crippen LogP contribution in [0.25, 0.3) is 0 Å². The van der Waals surface area contributed by atoms with Crippen molar-refractivity contribution in [2.75, 3.05) is 6.54 Å². The number of hydrogen-bond donors (Lipinski definition) is 1. The molecule has 0 aliphatic heterocycles. The summed E-state index contributed by atoms with van der Waals surface area (Å²) in [6.45, 7) is 3.19. The van der Waals surface area contributed by atoms with Gasteiger partial charge in [0.05, 0.1) is 0 Å². The first kappa shape index (κ1) is 12.1. The molecule has 3 rings (SSSR count). The van der Waals surface area contributed by atoms with Crippen LogP contribution in [0.1, 0.15) is 50.6 Å². The second kappa shape index (κ2) is 5.35. The van der Waals surface area contributed by atoms with Gasteiger partial charge in [-0.1, -0.05) is 13.3 Å². The highest BCUT2D eigenvalue weighted by atomic mass is 14.9. The van der Waals surface area contributed by atoms with Crippen molar-refractivity contribution in [1.29, 1.82) is 0 Å². The Morgan fingerprint density at radius 1 is 1.28 bits per heavy atom. The third-order valence-corrected chi connectivity index (χ3v) is 4.86. The van der Waals surface area contributed by atoms with Gasteiger partial charge in [0.15, 0.2) is 0 Å². The summed E-state index contributed by atoms with van der Waals surface area (Å²) < 4.78 is 0. The van der Waals surface area contributed by atoms with E-state index >= 15 is 0 Å². The first-order valence-electron chi connectivity index (χ1n) is 7.35. The molecule has 0 amide bonds. The van der Waals surface area contributed by atoms with Crippen LogP contribution < -0.4 is 5.32 Å². The number of fused-ring (bicyclic) bond motifs is 2. The molecule has 4 atom stereocenters.